The van der Waals surface area contributed by atoms with Crippen LogP contribution < -0.4 is 13.8 Å². The monoisotopic (exact) mass is 347 g/mol. The number of rotatable bonds is 7. The van der Waals surface area contributed by atoms with E-state index in [1.54, 1.807) is 56.5 Å². The molecule has 5 nitrogen and oxygen atoms in total. The Morgan fingerprint density at radius 3 is 2.46 bits per heavy atom. The molecule has 0 fully saturated rings. The number of nitrogens with zero attached hydrogens (tertiary/aromatic N) is 1. The van der Waals surface area contributed by atoms with Crippen molar-refractivity contribution in [2.24, 2.45) is 0 Å². The van der Waals surface area contributed by atoms with Gasteiger partial charge in [0.15, 0.2) is 0 Å². The first-order valence-electron chi connectivity index (χ1n) is 7.36. The van der Waals surface area contributed by atoms with Crippen LogP contribution in [0.5, 0.6) is 11.5 Å². The van der Waals surface area contributed by atoms with Gasteiger partial charge in [0.25, 0.3) is 10.0 Å². The number of benzene rings is 2. The van der Waals surface area contributed by atoms with Gasteiger partial charge >= 0.3 is 0 Å². The molecule has 0 amide bonds. The third kappa shape index (κ3) is 3.54. The zero-order valence-electron chi connectivity index (χ0n) is 14.0. The molecule has 2 aromatic rings. The molecule has 0 heterocycles. The molecule has 0 N–H and O–H groups in total. The smallest absolute Gasteiger partial charge is 0.264 e. The summed E-state index contributed by atoms with van der Waals surface area (Å²) in [5, 5.41) is 0. The van der Waals surface area contributed by atoms with Crippen molar-refractivity contribution in [2.45, 2.75) is 11.8 Å². The van der Waals surface area contributed by atoms with Gasteiger partial charge in [0.1, 0.15) is 11.5 Å². The first kappa shape index (κ1) is 17.9. The summed E-state index contributed by atoms with van der Waals surface area (Å²) in [6.45, 7) is 5.62. The van der Waals surface area contributed by atoms with Crippen LogP contribution in [0.2, 0.25) is 0 Å². The van der Waals surface area contributed by atoms with E-state index in [2.05, 4.69) is 6.58 Å². The van der Waals surface area contributed by atoms with Crippen LogP contribution in [0.3, 0.4) is 0 Å². The molecule has 0 aliphatic heterocycles. The van der Waals surface area contributed by atoms with Crippen molar-refractivity contribution in [3.8, 4) is 11.5 Å². The number of ether oxygens (including phenoxy) is 2. The minimum atomic E-state index is -3.74. The highest BCUT2D eigenvalue weighted by atomic mass is 32.2. The second-order valence-corrected chi connectivity index (χ2v) is 7.02. The zero-order valence-corrected chi connectivity index (χ0v) is 14.8. The predicted molar refractivity (Wildman–Crippen MR) is 95.5 cm³/mol. The van der Waals surface area contributed by atoms with Crippen LogP contribution in [0.1, 0.15) is 5.56 Å². The van der Waals surface area contributed by atoms with Crippen LogP contribution in [0.25, 0.3) is 0 Å². The van der Waals surface area contributed by atoms with Crippen LogP contribution in [0, 0.1) is 6.92 Å². The highest BCUT2D eigenvalue weighted by Gasteiger charge is 2.25. The average molecular weight is 347 g/mol. The lowest BCUT2D eigenvalue weighted by Crippen LogP contribution is -2.31. The maximum atomic E-state index is 13.1. The average Bonchev–Trinajstić information content (AvgIpc) is 2.59. The fourth-order valence-electron chi connectivity index (χ4n) is 2.36. The van der Waals surface area contributed by atoms with E-state index in [9.17, 15) is 8.42 Å². The van der Waals surface area contributed by atoms with Gasteiger partial charge in [-0.2, -0.15) is 0 Å². The summed E-state index contributed by atoms with van der Waals surface area (Å²) in [4.78, 5) is 0.200. The fourth-order valence-corrected chi connectivity index (χ4v) is 3.88. The standard InChI is InChI=1S/C18H21NO4S/c1-5-11-19(15-7-6-8-16(13-15)22-3)24(20,21)17-9-10-18(23-4)14(2)12-17/h5-10,12-13H,1,11H2,2-4H3. The Balaban J connectivity index is 2.52. The van der Waals surface area contributed by atoms with Gasteiger partial charge in [0.2, 0.25) is 0 Å². The molecule has 0 radical (unpaired) electrons. The van der Waals surface area contributed by atoms with Crippen molar-refractivity contribution < 1.29 is 17.9 Å². The Morgan fingerprint density at radius 1 is 1.12 bits per heavy atom. The summed E-state index contributed by atoms with van der Waals surface area (Å²) in [6, 6.07) is 11.7. The summed E-state index contributed by atoms with van der Waals surface area (Å²) in [7, 11) is -0.645. The van der Waals surface area contributed by atoms with E-state index in [1.807, 2.05) is 0 Å². The number of sulfonamides is 1. The molecular weight excluding hydrogens is 326 g/mol. The van der Waals surface area contributed by atoms with Crippen LogP contribution in [-0.2, 0) is 10.0 Å². The SMILES string of the molecule is C=CCN(c1cccc(OC)c1)S(=O)(=O)c1ccc(OC)c(C)c1. The van der Waals surface area contributed by atoms with Crippen molar-refractivity contribution >= 4 is 15.7 Å². The molecule has 6 heteroatoms. The van der Waals surface area contributed by atoms with Gasteiger partial charge in [-0.05, 0) is 42.8 Å². The quantitative estimate of drug-likeness (QED) is 0.721. The molecule has 0 aromatic heterocycles. The zero-order chi connectivity index (χ0) is 17.7. The number of methoxy groups -OCH3 is 2. The Kier molecular flexibility index (Phi) is 5.51. The van der Waals surface area contributed by atoms with Crippen LogP contribution in [0.15, 0.2) is 60.0 Å². The first-order valence-corrected chi connectivity index (χ1v) is 8.80. The second-order valence-electron chi connectivity index (χ2n) is 5.16. The molecular formula is C18H21NO4S. The van der Waals surface area contributed by atoms with Crippen molar-refractivity contribution in [3.05, 3.63) is 60.7 Å². The van der Waals surface area contributed by atoms with E-state index in [4.69, 9.17) is 9.47 Å². The minimum absolute atomic E-state index is 0.153. The molecule has 0 atom stereocenters. The maximum Gasteiger partial charge on any atom is 0.264 e. The largest absolute Gasteiger partial charge is 0.497 e. The molecule has 0 saturated heterocycles. The van der Waals surface area contributed by atoms with E-state index in [0.29, 0.717) is 17.2 Å². The van der Waals surface area contributed by atoms with Gasteiger partial charge in [0.05, 0.1) is 31.3 Å². The third-order valence-corrected chi connectivity index (χ3v) is 5.38. The van der Waals surface area contributed by atoms with Gasteiger partial charge in [-0.15, -0.1) is 6.58 Å². The normalized spacial score (nSPS) is 11.0. The highest BCUT2D eigenvalue weighted by Crippen LogP contribution is 2.29. The summed E-state index contributed by atoms with van der Waals surface area (Å²) in [6.07, 6.45) is 1.55. The molecule has 0 aliphatic rings. The molecule has 128 valence electrons. The van der Waals surface area contributed by atoms with E-state index >= 15 is 0 Å². The highest BCUT2D eigenvalue weighted by molar-refractivity contribution is 7.92. The Labute approximate surface area is 143 Å². The summed E-state index contributed by atoms with van der Waals surface area (Å²) in [5.74, 6) is 1.23. The molecule has 0 bridgehead atoms. The van der Waals surface area contributed by atoms with Gasteiger partial charge in [0, 0.05) is 6.07 Å². The molecule has 2 rings (SSSR count). The summed E-state index contributed by atoms with van der Waals surface area (Å²) < 4.78 is 37.8. The first-order chi connectivity index (χ1) is 11.4. The molecule has 0 unspecified atom stereocenters. The van der Waals surface area contributed by atoms with Crippen molar-refractivity contribution in [1.82, 2.24) is 0 Å². The Hall–Kier alpha value is -2.47. The van der Waals surface area contributed by atoms with E-state index in [-0.39, 0.29) is 11.4 Å². The molecule has 24 heavy (non-hydrogen) atoms. The van der Waals surface area contributed by atoms with Crippen LogP contribution in [0.4, 0.5) is 5.69 Å². The number of aryl methyl sites for hydroxylation is 1. The predicted octanol–water partition coefficient (Wildman–Crippen LogP) is 3.39. The van der Waals surface area contributed by atoms with Gasteiger partial charge in [-0.25, -0.2) is 8.42 Å². The Morgan fingerprint density at radius 2 is 1.88 bits per heavy atom. The van der Waals surface area contributed by atoms with E-state index < -0.39 is 10.0 Å². The molecule has 0 saturated carbocycles. The van der Waals surface area contributed by atoms with Crippen LogP contribution in [-0.4, -0.2) is 29.2 Å². The van der Waals surface area contributed by atoms with E-state index in [1.165, 1.54) is 17.5 Å². The Bertz CT molecular complexity index is 831. The summed E-state index contributed by atoms with van der Waals surface area (Å²) >= 11 is 0. The maximum absolute atomic E-state index is 13.1. The second kappa shape index (κ2) is 7.40. The van der Waals surface area contributed by atoms with Gasteiger partial charge in [-0.3, -0.25) is 4.31 Å². The number of hydrogen-bond donors (Lipinski definition) is 0. The van der Waals surface area contributed by atoms with Crippen molar-refractivity contribution in [3.63, 3.8) is 0 Å². The van der Waals surface area contributed by atoms with Crippen molar-refractivity contribution in [2.75, 3.05) is 25.1 Å². The van der Waals surface area contributed by atoms with Gasteiger partial charge in [-0.1, -0.05) is 12.1 Å². The van der Waals surface area contributed by atoms with Crippen molar-refractivity contribution in [1.29, 1.82) is 0 Å². The topological polar surface area (TPSA) is 55.8 Å². The third-order valence-electron chi connectivity index (χ3n) is 3.59. The lowest BCUT2D eigenvalue weighted by molar-refractivity contribution is 0.411. The fraction of sp³-hybridized carbons (Fsp3) is 0.222. The molecule has 2 aromatic carbocycles. The minimum Gasteiger partial charge on any atom is -0.497 e. The lowest BCUT2D eigenvalue weighted by atomic mass is 10.2. The van der Waals surface area contributed by atoms with Gasteiger partial charge < -0.3 is 9.47 Å². The number of hydrogen-bond acceptors (Lipinski definition) is 4. The lowest BCUT2D eigenvalue weighted by Gasteiger charge is -2.24. The summed E-state index contributed by atoms with van der Waals surface area (Å²) in [5.41, 5.74) is 1.27. The molecule has 0 aliphatic carbocycles. The van der Waals surface area contributed by atoms with Crippen LogP contribution >= 0.6 is 0 Å². The van der Waals surface area contributed by atoms with E-state index in [0.717, 1.165) is 5.56 Å². The number of anilines is 1. The molecule has 0 spiro atoms.